The molecule has 1 aromatic heterocycles. The van der Waals surface area contributed by atoms with E-state index in [9.17, 15) is 13.2 Å². The molecular formula is C24H25F3N2O4. The number of hydrogen-bond acceptors (Lipinski definition) is 6. The summed E-state index contributed by atoms with van der Waals surface area (Å²) in [6.45, 7) is 7.70. The minimum Gasteiger partial charge on any atom is -0.496 e. The molecule has 0 aliphatic rings. The lowest BCUT2D eigenvalue weighted by molar-refractivity contribution is -0.137. The normalized spacial score (nSPS) is 9.48. The summed E-state index contributed by atoms with van der Waals surface area (Å²) in [6, 6.07) is 11.5. The second-order valence-corrected chi connectivity index (χ2v) is 6.04. The van der Waals surface area contributed by atoms with Crippen LogP contribution in [0.1, 0.15) is 23.6 Å². The first kappa shape index (κ1) is 28.9. The van der Waals surface area contributed by atoms with Crippen LogP contribution in [0, 0.1) is 19.4 Å². The standard InChI is InChI=1S/C14H14N2O2.C8H7F3.2CH2O/c1-4-10-8-11(14-16-6-7-18-14)12(15-5-2)9-13(10)17-3;1-6-3-2-4-7(5-6)8(9,10)11;2*1-2/h2,6-9,15H,4H2,1,3H3;2-5H,1H3;2*1H2. The summed E-state index contributed by atoms with van der Waals surface area (Å²) in [5.74, 6) is 1.33. The molecule has 6 nitrogen and oxygen atoms in total. The van der Waals surface area contributed by atoms with E-state index in [0.29, 0.717) is 11.5 Å². The second-order valence-electron chi connectivity index (χ2n) is 6.04. The highest BCUT2D eigenvalue weighted by molar-refractivity contribution is 5.76. The van der Waals surface area contributed by atoms with E-state index in [0.717, 1.165) is 41.1 Å². The quantitative estimate of drug-likeness (QED) is 0.404. The van der Waals surface area contributed by atoms with Crippen LogP contribution < -0.4 is 10.1 Å². The molecular weight excluding hydrogens is 437 g/mol. The molecule has 33 heavy (non-hydrogen) atoms. The molecule has 0 aliphatic carbocycles. The first-order valence-corrected chi connectivity index (χ1v) is 9.34. The highest BCUT2D eigenvalue weighted by Crippen LogP contribution is 2.34. The first-order chi connectivity index (χ1) is 15.8. The lowest BCUT2D eigenvalue weighted by atomic mass is 10.0. The van der Waals surface area contributed by atoms with Crippen molar-refractivity contribution >= 4 is 19.3 Å². The molecule has 0 saturated carbocycles. The number of benzene rings is 2. The van der Waals surface area contributed by atoms with E-state index < -0.39 is 11.7 Å². The second kappa shape index (κ2) is 14.9. The number of carbonyl (C=O) groups excluding carboxylic acids is 2. The lowest BCUT2D eigenvalue weighted by Crippen LogP contribution is -2.04. The maximum atomic E-state index is 12.0. The molecule has 0 bridgehead atoms. The van der Waals surface area contributed by atoms with Gasteiger partial charge in [-0.15, -0.1) is 0 Å². The largest absolute Gasteiger partial charge is 0.496 e. The van der Waals surface area contributed by atoms with Crippen molar-refractivity contribution in [3.05, 3.63) is 65.5 Å². The predicted molar refractivity (Wildman–Crippen MR) is 121 cm³/mol. The van der Waals surface area contributed by atoms with Crippen LogP contribution in [0.15, 0.2) is 53.3 Å². The fourth-order valence-corrected chi connectivity index (χ4v) is 2.63. The van der Waals surface area contributed by atoms with Crippen LogP contribution in [-0.2, 0) is 22.2 Å². The molecule has 0 saturated heterocycles. The molecule has 0 unspecified atom stereocenters. The Balaban J connectivity index is 0.000000586. The van der Waals surface area contributed by atoms with Gasteiger partial charge in [-0.3, -0.25) is 0 Å². The lowest BCUT2D eigenvalue weighted by Gasteiger charge is -2.12. The molecule has 2 aromatic carbocycles. The van der Waals surface area contributed by atoms with Crippen molar-refractivity contribution < 1.29 is 31.9 Å². The van der Waals surface area contributed by atoms with Gasteiger partial charge >= 0.3 is 6.18 Å². The minimum absolute atomic E-state index is 0.533. The Labute approximate surface area is 190 Å². The summed E-state index contributed by atoms with van der Waals surface area (Å²) in [4.78, 5) is 20.1. The number of aromatic nitrogens is 1. The Bertz CT molecular complexity index is 1010. The average Bonchev–Trinajstić information content (AvgIpc) is 3.36. The van der Waals surface area contributed by atoms with Gasteiger partial charge in [0.1, 0.15) is 25.6 Å². The number of hydrogen-bond donors (Lipinski definition) is 1. The zero-order valence-corrected chi connectivity index (χ0v) is 18.5. The smallest absolute Gasteiger partial charge is 0.416 e. The molecule has 3 rings (SSSR count). The molecule has 9 heteroatoms. The van der Waals surface area contributed by atoms with Crippen LogP contribution in [-0.4, -0.2) is 25.7 Å². The van der Waals surface area contributed by atoms with Crippen molar-refractivity contribution in [2.24, 2.45) is 0 Å². The fourth-order valence-electron chi connectivity index (χ4n) is 2.63. The van der Waals surface area contributed by atoms with Gasteiger partial charge in [-0.05, 0) is 31.0 Å². The van der Waals surface area contributed by atoms with Gasteiger partial charge in [-0.1, -0.05) is 37.1 Å². The minimum atomic E-state index is -4.22. The fraction of sp³-hybridized carbons (Fsp3) is 0.208. The maximum absolute atomic E-state index is 12.0. The highest BCUT2D eigenvalue weighted by Gasteiger charge is 2.29. The van der Waals surface area contributed by atoms with Gasteiger partial charge in [0.2, 0.25) is 5.89 Å². The number of ether oxygens (including phenoxy) is 1. The van der Waals surface area contributed by atoms with Gasteiger partial charge in [-0.2, -0.15) is 13.2 Å². The summed E-state index contributed by atoms with van der Waals surface area (Å²) in [6.07, 6.45) is 5.06. The van der Waals surface area contributed by atoms with E-state index >= 15 is 0 Å². The molecule has 0 amide bonds. The Kier molecular flexibility index (Phi) is 13.0. The topological polar surface area (TPSA) is 81.4 Å². The number of halogens is 3. The van der Waals surface area contributed by atoms with Crippen molar-refractivity contribution in [3.8, 4) is 29.7 Å². The predicted octanol–water partition coefficient (Wildman–Crippen LogP) is 5.56. The first-order valence-electron chi connectivity index (χ1n) is 9.34. The van der Waals surface area contributed by atoms with Crippen molar-refractivity contribution in [3.63, 3.8) is 0 Å². The zero-order chi connectivity index (χ0) is 25.4. The van der Waals surface area contributed by atoms with Crippen molar-refractivity contribution in [2.45, 2.75) is 26.4 Å². The molecule has 0 spiro atoms. The highest BCUT2D eigenvalue weighted by atomic mass is 19.4. The SMILES string of the molecule is C#CNc1cc(OC)c(CC)cc1-c1ncco1.C=O.C=O.Cc1cccc(C(F)(F)F)c1. The summed E-state index contributed by atoms with van der Waals surface area (Å²) >= 11 is 0. The van der Waals surface area contributed by atoms with Gasteiger partial charge in [0, 0.05) is 12.1 Å². The van der Waals surface area contributed by atoms with E-state index in [1.54, 1.807) is 26.3 Å². The third kappa shape index (κ3) is 8.91. The molecule has 1 heterocycles. The third-order valence-corrected chi connectivity index (χ3v) is 4.02. The van der Waals surface area contributed by atoms with E-state index in [1.165, 1.54) is 12.3 Å². The number of nitrogens with zero attached hydrogens (tertiary/aromatic N) is 1. The van der Waals surface area contributed by atoms with Gasteiger partial charge < -0.3 is 24.1 Å². The zero-order valence-electron chi connectivity index (χ0n) is 18.5. The monoisotopic (exact) mass is 462 g/mol. The Morgan fingerprint density at radius 3 is 2.27 bits per heavy atom. The molecule has 0 aliphatic heterocycles. The molecule has 176 valence electrons. The number of oxazole rings is 1. The van der Waals surface area contributed by atoms with Crippen molar-refractivity contribution in [1.82, 2.24) is 4.98 Å². The maximum Gasteiger partial charge on any atom is 0.416 e. The van der Waals surface area contributed by atoms with E-state index in [2.05, 4.69) is 23.3 Å². The number of terminal acetylenes is 1. The van der Waals surface area contributed by atoms with Gasteiger partial charge in [0.05, 0.1) is 30.1 Å². The molecule has 1 N–H and O–H groups in total. The van der Waals surface area contributed by atoms with E-state index in [4.69, 9.17) is 25.2 Å². The van der Waals surface area contributed by atoms with Gasteiger partial charge in [0.15, 0.2) is 0 Å². The van der Waals surface area contributed by atoms with Crippen LogP contribution in [0.25, 0.3) is 11.5 Å². The number of anilines is 1. The van der Waals surface area contributed by atoms with Crippen LogP contribution in [0.5, 0.6) is 5.75 Å². The van der Waals surface area contributed by atoms with Crippen molar-refractivity contribution in [2.75, 3.05) is 12.4 Å². The molecule has 0 atom stereocenters. The molecule has 0 fully saturated rings. The van der Waals surface area contributed by atoms with Crippen LogP contribution >= 0.6 is 0 Å². The molecule has 3 aromatic rings. The number of carbonyl (C=O) groups is 2. The van der Waals surface area contributed by atoms with Crippen LogP contribution in [0.4, 0.5) is 18.9 Å². The number of aryl methyl sites for hydroxylation is 2. The van der Waals surface area contributed by atoms with Gasteiger partial charge in [0.25, 0.3) is 0 Å². The van der Waals surface area contributed by atoms with Crippen LogP contribution in [0.3, 0.4) is 0 Å². The van der Waals surface area contributed by atoms with Crippen molar-refractivity contribution in [1.29, 1.82) is 0 Å². The Morgan fingerprint density at radius 1 is 1.18 bits per heavy atom. The Hall–Kier alpha value is -4.06. The number of alkyl halides is 3. The Morgan fingerprint density at radius 2 is 1.85 bits per heavy atom. The summed E-state index contributed by atoms with van der Waals surface area (Å²) in [7, 11) is 1.64. The summed E-state index contributed by atoms with van der Waals surface area (Å²) in [5.41, 5.74) is 2.69. The van der Waals surface area contributed by atoms with Gasteiger partial charge in [-0.25, -0.2) is 4.98 Å². The van der Waals surface area contributed by atoms with E-state index in [1.807, 2.05) is 25.7 Å². The van der Waals surface area contributed by atoms with E-state index in [-0.39, 0.29) is 0 Å². The third-order valence-electron chi connectivity index (χ3n) is 4.02. The summed E-state index contributed by atoms with van der Waals surface area (Å²) in [5, 5.41) is 2.84. The number of nitrogens with one attached hydrogen (secondary N) is 1. The van der Waals surface area contributed by atoms with Crippen LogP contribution in [0.2, 0.25) is 0 Å². The average molecular weight is 462 g/mol. The number of rotatable bonds is 4. The molecule has 0 radical (unpaired) electrons. The number of methoxy groups -OCH3 is 1. The summed E-state index contributed by atoms with van der Waals surface area (Å²) < 4.78 is 46.6.